The van der Waals surface area contributed by atoms with E-state index in [0.717, 1.165) is 19.4 Å². The molecule has 1 aliphatic heterocycles. The Hall–Kier alpha value is -0.860. The lowest BCUT2D eigenvalue weighted by Crippen LogP contribution is -2.54. The maximum Gasteiger partial charge on any atom is 0.0343 e. The van der Waals surface area contributed by atoms with Crippen molar-refractivity contribution in [1.29, 1.82) is 0 Å². The number of hydrogen-bond acceptors (Lipinski definition) is 2. The number of piperidine rings is 1. The van der Waals surface area contributed by atoms with Gasteiger partial charge < -0.3 is 5.73 Å². The van der Waals surface area contributed by atoms with E-state index in [0.29, 0.717) is 0 Å². The normalized spacial score (nSPS) is 20.2. The predicted octanol–water partition coefficient (Wildman–Crippen LogP) is 2.99. The molecule has 19 heavy (non-hydrogen) atoms. The summed E-state index contributed by atoms with van der Waals surface area (Å²) in [4.78, 5) is 2.60. The number of aryl methyl sites for hydroxylation is 1. The number of nitrogens with two attached hydrogens (primary N) is 1. The summed E-state index contributed by atoms with van der Waals surface area (Å²) < 4.78 is 0. The number of rotatable bonds is 5. The summed E-state index contributed by atoms with van der Waals surface area (Å²) in [7, 11) is 0. The van der Waals surface area contributed by atoms with Gasteiger partial charge in [0.05, 0.1) is 0 Å². The van der Waals surface area contributed by atoms with E-state index in [1.807, 2.05) is 0 Å². The largest absolute Gasteiger partial charge is 0.329 e. The van der Waals surface area contributed by atoms with Crippen molar-refractivity contribution in [2.24, 2.45) is 5.73 Å². The Bertz CT molecular complexity index is 379. The number of benzene rings is 1. The van der Waals surface area contributed by atoms with E-state index in [9.17, 15) is 0 Å². The lowest BCUT2D eigenvalue weighted by Gasteiger charge is -2.43. The Balaban J connectivity index is 2.07. The van der Waals surface area contributed by atoms with Crippen LogP contribution in [0.4, 0.5) is 0 Å². The van der Waals surface area contributed by atoms with Crippen molar-refractivity contribution in [3.05, 3.63) is 35.4 Å². The maximum atomic E-state index is 6.10. The topological polar surface area (TPSA) is 29.3 Å². The summed E-state index contributed by atoms with van der Waals surface area (Å²) in [5.74, 6) is 0. The molecule has 0 saturated carbocycles. The van der Waals surface area contributed by atoms with E-state index < -0.39 is 0 Å². The molecule has 1 fully saturated rings. The van der Waals surface area contributed by atoms with E-state index in [2.05, 4.69) is 43.0 Å². The van der Waals surface area contributed by atoms with Gasteiger partial charge in [-0.1, -0.05) is 37.6 Å². The van der Waals surface area contributed by atoms with Crippen LogP contribution in [0.1, 0.15) is 44.2 Å². The van der Waals surface area contributed by atoms with Gasteiger partial charge in [-0.15, -0.1) is 0 Å². The Labute approximate surface area is 118 Å². The van der Waals surface area contributed by atoms with Gasteiger partial charge in [0.15, 0.2) is 0 Å². The van der Waals surface area contributed by atoms with Gasteiger partial charge in [-0.3, -0.25) is 4.90 Å². The van der Waals surface area contributed by atoms with Crippen molar-refractivity contribution in [3.63, 3.8) is 0 Å². The number of likely N-dealkylation sites (tertiary alicyclic amines) is 1. The molecule has 0 bridgehead atoms. The molecule has 0 amide bonds. The summed E-state index contributed by atoms with van der Waals surface area (Å²) in [6, 6.07) is 9.05. The first-order valence-electron chi connectivity index (χ1n) is 7.71. The third kappa shape index (κ3) is 3.58. The summed E-state index contributed by atoms with van der Waals surface area (Å²) >= 11 is 0. The highest BCUT2D eigenvalue weighted by molar-refractivity contribution is 5.24. The van der Waals surface area contributed by atoms with Crippen LogP contribution in [0, 0.1) is 0 Å². The van der Waals surface area contributed by atoms with Crippen LogP contribution in [0.5, 0.6) is 0 Å². The van der Waals surface area contributed by atoms with Crippen LogP contribution in [0.25, 0.3) is 0 Å². The fourth-order valence-electron chi connectivity index (χ4n) is 3.08. The minimum Gasteiger partial charge on any atom is -0.329 e. The molecular weight excluding hydrogens is 232 g/mol. The summed E-state index contributed by atoms with van der Waals surface area (Å²) in [5.41, 5.74) is 9.05. The molecule has 1 aliphatic rings. The van der Waals surface area contributed by atoms with Gasteiger partial charge >= 0.3 is 0 Å². The monoisotopic (exact) mass is 260 g/mol. The molecule has 0 spiro atoms. The van der Waals surface area contributed by atoms with Gasteiger partial charge in [-0.2, -0.15) is 0 Å². The maximum absolute atomic E-state index is 6.10. The summed E-state index contributed by atoms with van der Waals surface area (Å²) in [5, 5.41) is 0. The van der Waals surface area contributed by atoms with Crippen molar-refractivity contribution >= 4 is 0 Å². The molecule has 1 saturated heterocycles. The van der Waals surface area contributed by atoms with Crippen LogP contribution in [-0.2, 0) is 12.8 Å². The van der Waals surface area contributed by atoms with Crippen LogP contribution >= 0.6 is 0 Å². The molecule has 2 heteroatoms. The van der Waals surface area contributed by atoms with Crippen molar-refractivity contribution in [2.45, 2.75) is 51.5 Å². The number of nitrogens with zero attached hydrogens (tertiary/aromatic N) is 1. The fraction of sp³-hybridized carbons (Fsp3) is 0.647. The molecule has 106 valence electrons. The molecule has 1 unspecified atom stereocenters. The molecular formula is C17H28N2. The smallest absolute Gasteiger partial charge is 0.0343 e. The molecule has 1 atom stereocenters. The summed E-state index contributed by atoms with van der Waals surface area (Å²) in [6.45, 7) is 7.68. The van der Waals surface area contributed by atoms with Gasteiger partial charge in [0.2, 0.25) is 0 Å². The third-order valence-electron chi connectivity index (χ3n) is 4.58. The standard InChI is InChI=1S/C17H28N2/c1-3-15-7-9-16(10-8-15)13-17(2,14-18)19-11-5-4-6-12-19/h7-10H,3-6,11-14,18H2,1-2H3. The fourth-order valence-corrected chi connectivity index (χ4v) is 3.08. The Morgan fingerprint density at radius 2 is 1.63 bits per heavy atom. The lowest BCUT2D eigenvalue weighted by molar-refractivity contribution is 0.0870. The van der Waals surface area contributed by atoms with Crippen LogP contribution in [0.15, 0.2) is 24.3 Å². The minimum atomic E-state index is 0.119. The van der Waals surface area contributed by atoms with Gasteiger partial charge in [0, 0.05) is 12.1 Å². The first-order valence-corrected chi connectivity index (χ1v) is 7.71. The van der Waals surface area contributed by atoms with Crippen molar-refractivity contribution in [2.75, 3.05) is 19.6 Å². The van der Waals surface area contributed by atoms with E-state index in [1.165, 1.54) is 43.5 Å². The number of hydrogen-bond donors (Lipinski definition) is 1. The van der Waals surface area contributed by atoms with Crippen molar-refractivity contribution in [1.82, 2.24) is 4.90 Å². The molecule has 2 nitrogen and oxygen atoms in total. The molecule has 1 aromatic rings. The Morgan fingerprint density at radius 1 is 1.05 bits per heavy atom. The molecule has 2 N–H and O–H groups in total. The average molecular weight is 260 g/mol. The van der Waals surface area contributed by atoms with Crippen LogP contribution < -0.4 is 5.73 Å². The average Bonchev–Trinajstić information content (AvgIpc) is 2.49. The van der Waals surface area contributed by atoms with Gasteiger partial charge in [0.25, 0.3) is 0 Å². The van der Waals surface area contributed by atoms with Gasteiger partial charge in [-0.05, 0) is 56.8 Å². The molecule has 0 aromatic heterocycles. The second-order valence-electron chi connectivity index (χ2n) is 6.10. The molecule has 0 aliphatic carbocycles. The first-order chi connectivity index (χ1) is 9.18. The van der Waals surface area contributed by atoms with Gasteiger partial charge in [0.1, 0.15) is 0 Å². The van der Waals surface area contributed by atoms with E-state index >= 15 is 0 Å². The SMILES string of the molecule is CCc1ccc(CC(C)(CN)N2CCCCC2)cc1. The lowest BCUT2D eigenvalue weighted by atomic mass is 9.88. The van der Waals surface area contributed by atoms with Crippen molar-refractivity contribution in [3.8, 4) is 0 Å². The minimum absolute atomic E-state index is 0.119. The zero-order valence-corrected chi connectivity index (χ0v) is 12.5. The molecule has 1 heterocycles. The van der Waals surface area contributed by atoms with Gasteiger partial charge in [-0.25, -0.2) is 0 Å². The summed E-state index contributed by atoms with van der Waals surface area (Å²) in [6.07, 6.45) is 6.20. The third-order valence-corrected chi connectivity index (χ3v) is 4.58. The second kappa shape index (κ2) is 6.53. The van der Waals surface area contributed by atoms with E-state index in [-0.39, 0.29) is 5.54 Å². The Morgan fingerprint density at radius 3 is 2.16 bits per heavy atom. The highest BCUT2D eigenvalue weighted by atomic mass is 15.2. The second-order valence-corrected chi connectivity index (χ2v) is 6.10. The van der Waals surface area contributed by atoms with Crippen LogP contribution in [0.3, 0.4) is 0 Å². The quantitative estimate of drug-likeness (QED) is 0.882. The molecule has 2 rings (SSSR count). The molecule has 1 aromatic carbocycles. The zero-order chi connectivity index (χ0) is 13.7. The highest BCUT2D eigenvalue weighted by Gasteiger charge is 2.31. The van der Waals surface area contributed by atoms with E-state index in [4.69, 9.17) is 5.73 Å². The first kappa shape index (κ1) is 14.5. The highest BCUT2D eigenvalue weighted by Crippen LogP contribution is 2.24. The van der Waals surface area contributed by atoms with Crippen molar-refractivity contribution < 1.29 is 0 Å². The zero-order valence-electron chi connectivity index (χ0n) is 12.5. The predicted molar refractivity (Wildman–Crippen MR) is 82.4 cm³/mol. The van der Waals surface area contributed by atoms with Crippen LogP contribution in [0.2, 0.25) is 0 Å². The van der Waals surface area contributed by atoms with E-state index in [1.54, 1.807) is 0 Å². The van der Waals surface area contributed by atoms with Crippen LogP contribution in [-0.4, -0.2) is 30.1 Å². The Kier molecular flexibility index (Phi) is 5.00. The molecule has 0 radical (unpaired) electrons.